The first kappa shape index (κ1) is 11.4. The van der Waals surface area contributed by atoms with Crippen LogP contribution in [0.4, 0.5) is 0 Å². The van der Waals surface area contributed by atoms with Crippen molar-refractivity contribution in [1.29, 1.82) is 0 Å². The SMILES string of the molecule is O=C(CO)CO.c1ccc2[nH]ccc2c1. The van der Waals surface area contributed by atoms with Crippen molar-refractivity contribution in [3.63, 3.8) is 0 Å². The lowest BCUT2D eigenvalue weighted by molar-refractivity contribution is -0.124. The summed E-state index contributed by atoms with van der Waals surface area (Å²) in [6.07, 6.45) is 1.95. The summed E-state index contributed by atoms with van der Waals surface area (Å²) >= 11 is 0. The minimum Gasteiger partial charge on any atom is -0.388 e. The molecule has 2 rings (SSSR count). The highest BCUT2D eigenvalue weighted by Crippen LogP contribution is 2.09. The van der Waals surface area contributed by atoms with Gasteiger partial charge in [0.05, 0.1) is 0 Å². The average molecular weight is 207 g/mol. The number of fused-ring (bicyclic) bond motifs is 1. The average Bonchev–Trinajstić information content (AvgIpc) is 2.76. The van der Waals surface area contributed by atoms with Crippen molar-refractivity contribution in [2.45, 2.75) is 0 Å². The van der Waals surface area contributed by atoms with Crippen LogP contribution >= 0.6 is 0 Å². The number of hydrogen-bond donors (Lipinski definition) is 3. The molecular formula is C11H13NO3. The Balaban J connectivity index is 0.000000167. The fraction of sp³-hybridized carbons (Fsp3) is 0.182. The molecule has 0 fully saturated rings. The van der Waals surface area contributed by atoms with Crippen molar-refractivity contribution < 1.29 is 15.0 Å². The molecule has 3 N–H and O–H groups in total. The second-order valence-corrected chi connectivity index (χ2v) is 2.92. The van der Waals surface area contributed by atoms with Gasteiger partial charge in [0.2, 0.25) is 0 Å². The zero-order chi connectivity index (χ0) is 11.1. The second kappa shape index (κ2) is 5.95. The number of hydrogen-bond acceptors (Lipinski definition) is 3. The molecule has 4 heteroatoms. The Labute approximate surface area is 87.2 Å². The molecule has 80 valence electrons. The summed E-state index contributed by atoms with van der Waals surface area (Å²) in [5.41, 5.74) is 1.21. The van der Waals surface area contributed by atoms with Gasteiger partial charge in [-0.3, -0.25) is 4.79 Å². The minimum atomic E-state index is -0.559. The summed E-state index contributed by atoms with van der Waals surface area (Å²) in [6.45, 7) is -1.12. The lowest BCUT2D eigenvalue weighted by Crippen LogP contribution is -2.07. The van der Waals surface area contributed by atoms with Gasteiger partial charge in [0.1, 0.15) is 13.2 Å². The summed E-state index contributed by atoms with van der Waals surface area (Å²) < 4.78 is 0. The third-order valence-corrected chi connectivity index (χ3v) is 1.82. The van der Waals surface area contributed by atoms with Crippen LogP contribution in [-0.2, 0) is 4.79 Å². The number of aromatic nitrogens is 1. The van der Waals surface area contributed by atoms with Crippen LogP contribution in [0.3, 0.4) is 0 Å². The Morgan fingerprint density at radius 3 is 2.33 bits per heavy atom. The first-order chi connectivity index (χ1) is 7.27. The van der Waals surface area contributed by atoms with E-state index in [0.717, 1.165) is 0 Å². The number of benzene rings is 1. The molecule has 0 radical (unpaired) electrons. The van der Waals surface area contributed by atoms with Crippen LogP contribution in [0, 0.1) is 0 Å². The summed E-state index contributed by atoms with van der Waals surface area (Å²) in [7, 11) is 0. The molecule has 0 bridgehead atoms. The van der Waals surface area contributed by atoms with Gasteiger partial charge in [-0.05, 0) is 17.5 Å². The quantitative estimate of drug-likeness (QED) is 0.679. The highest BCUT2D eigenvalue weighted by Gasteiger charge is 1.90. The number of Topliss-reactive ketones (excluding diaryl/α,β-unsaturated/α-hetero) is 1. The van der Waals surface area contributed by atoms with Crippen molar-refractivity contribution >= 4 is 16.7 Å². The summed E-state index contributed by atoms with van der Waals surface area (Å²) in [5.74, 6) is -0.546. The third-order valence-electron chi connectivity index (χ3n) is 1.82. The fourth-order valence-electron chi connectivity index (χ4n) is 1.05. The summed E-state index contributed by atoms with van der Waals surface area (Å²) in [6, 6.07) is 10.3. The van der Waals surface area contributed by atoms with Gasteiger partial charge in [0, 0.05) is 11.7 Å². The van der Waals surface area contributed by atoms with Gasteiger partial charge in [-0.15, -0.1) is 0 Å². The molecule has 1 heterocycles. The molecule has 15 heavy (non-hydrogen) atoms. The van der Waals surface area contributed by atoms with Crippen LogP contribution in [0.15, 0.2) is 36.5 Å². The molecule has 0 amide bonds. The molecule has 0 atom stereocenters. The Morgan fingerprint density at radius 1 is 1.13 bits per heavy atom. The van der Waals surface area contributed by atoms with Crippen molar-refractivity contribution in [2.24, 2.45) is 0 Å². The van der Waals surface area contributed by atoms with Crippen molar-refractivity contribution in [3.05, 3.63) is 36.5 Å². The molecular weight excluding hydrogens is 194 g/mol. The van der Waals surface area contributed by atoms with Crippen LogP contribution in [0.2, 0.25) is 0 Å². The predicted molar refractivity (Wildman–Crippen MR) is 57.5 cm³/mol. The Morgan fingerprint density at radius 2 is 1.80 bits per heavy atom. The number of carbonyl (C=O) groups excluding carboxylic acids is 1. The van der Waals surface area contributed by atoms with E-state index in [9.17, 15) is 4.79 Å². The molecule has 0 unspecified atom stereocenters. The van der Waals surface area contributed by atoms with Gasteiger partial charge in [0.15, 0.2) is 5.78 Å². The van der Waals surface area contributed by atoms with Crippen molar-refractivity contribution in [2.75, 3.05) is 13.2 Å². The van der Waals surface area contributed by atoms with Crippen molar-refractivity contribution in [1.82, 2.24) is 4.98 Å². The zero-order valence-corrected chi connectivity index (χ0v) is 8.18. The monoisotopic (exact) mass is 207 g/mol. The molecule has 0 spiro atoms. The van der Waals surface area contributed by atoms with Crippen LogP contribution in [0.25, 0.3) is 10.9 Å². The molecule has 0 saturated carbocycles. The number of aliphatic hydroxyl groups excluding tert-OH is 2. The van der Waals surface area contributed by atoms with E-state index in [-0.39, 0.29) is 0 Å². The van der Waals surface area contributed by atoms with Gasteiger partial charge >= 0.3 is 0 Å². The van der Waals surface area contributed by atoms with Crippen LogP contribution < -0.4 is 0 Å². The number of H-pyrrole nitrogens is 1. The number of ketones is 1. The number of rotatable bonds is 2. The molecule has 0 aliphatic heterocycles. The highest BCUT2D eigenvalue weighted by atomic mass is 16.3. The smallest absolute Gasteiger partial charge is 0.183 e. The number of carbonyl (C=O) groups is 1. The predicted octanol–water partition coefficient (Wildman–Crippen LogP) is 0.708. The molecule has 0 aliphatic rings. The van der Waals surface area contributed by atoms with Crippen LogP contribution in [0.1, 0.15) is 0 Å². The molecule has 4 nitrogen and oxygen atoms in total. The topological polar surface area (TPSA) is 73.3 Å². The lowest BCUT2D eigenvalue weighted by atomic mass is 10.3. The van der Waals surface area contributed by atoms with Gasteiger partial charge in [0.25, 0.3) is 0 Å². The first-order valence-electron chi connectivity index (χ1n) is 4.53. The number of aromatic amines is 1. The Kier molecular flexibility index (Phi) is 4.53. The number of nitrogens with one attached hydrogen (secondary N) is 1. The van der Waals surface area contributed by atoms with Gasteiger partial charge in [-0.2, -0.15) is 0 Å². The van der Waals surface area contributed by atoms with Gasteiger partial charge in [-0.1, -0.05) is 18.2 Å². The largest absolute Gasteiger partial charge is 0.388 e. The van der Waals surface area contributed by atoms with Crippen LogP contribution in [-0.4, -0.2) is 34.2 Å². The van der Waals surface area contributed by atoms with E-state index in [2.05, 4.69) is 23.2 Å². The standard InChI is InChI=1S/C8H7N.C3H6O3/c1-2-4-8-7(3-1)5-6-9-8;4-1-3(6)2-5/h1-6,9H;4-5H,1-2H2. The van der Waals surface area contributed by atoms with E-state index in [1.54, 1.807) is 0 Å². The lowest BCUT2D eigenvalue weighted by Gasteiger charge is -1.83. The van der Waals surface area contributed by atoms with Gasteiger partial charge < -0.3 is 15.2 Å². The maximum atomic E-state index is 9.68. The van der Waals surface area contributed by atoms with Crippen molar-refractivity contribution in [3.8, 4) is 0 Å². The molecule has 0 saturated heterocycles. The number of para-hydroxylation sites is 1. The minimum absolute atomic E-state index is 0.546. The van der Waals surface area contributed by atoms with E-state index >= 15 is 0 Å². The normalized spacial score (nSPS) is 9.47. The van der Waals surface area contributed by atoms with Gasteiger partial charge in [-0.25, -0.2) is 0 Å². The molecule has 0 aliphatic carbocycles. The van der Waals surface area contributed by atoms with E-state index in [0.29, 0.717) is 0 Å². The summed E-state index contributed by atoms with van der Waals surface area (Å²) in [5, 5.41) is 16.9. The maximum Gasteiger partial charge on any atom is 0.183 e. The highest BCUT2D eigenvalue weighted by molar-refractivity contribution is 5.80. The van der Waals surface area contributed by atoms with E-state index in [4.69, 9.17) is 10.2 Å². The molecule has 1 aromatic heterocycles. The maximum absolute atomic E-state index is 9.68. The second-order valence-electron chi connectivity index (χ2n) is 2.92. The first-order valence-corrected chi connectivity index (χ1v) is 4.53. The Bertz CT molecular complexity index is 386. The fourth-order valence-corrected chi connectivity index (χ4v) is 1.05. The molecule has 2 aromatic rings. The Hall–Kier alpha value is -1.65. The van der Waals surface area contributed by atoms with E-state index in [1.807, 2.05) is 18.3 Å². The zero-order valence-electron chi connectivity index (χ0n) is 8.18. The third kappa shape index (κ3) is 3.53. The van der Waals surface area contributed by atoms with E-state index in [1.165, 1.54) is 10.9 Å². The number of aliphatic hydroxyl groups is 2. The van der Waals surface area contributed by atoms with E-state index < -0.39 is 19.0 Å². The van der Waals surface area contributed by atoms with Crippen LogP contribution in [0.5, 0.6) is 0 Å². The molecule has 1 aromatic carbocycles. The summed E-state index contributed by atoms with van der Waals surface area (Å²) in [4.78, 5) is 12.8.